The predicted octanol–water partition coefficient (Wildman–Crippen LogP) is 3.37. The van der Waals surface area contributed by atoms with Gasteiger partial charge in [0.1, 0.15) is 5.75 Å². The maximum Gasteiger partial charge on any atom is 0.123 e. The van der Waals surface area contributed by atoms with Gasteiger partial charge in [-0.15, -0.1) is 0 Å². The van der Waals surface area contributed by atoms with Crippen molar-refractivity contribution in [1.82, 2.24) is 0 Å². The Morgan fingerprint density at radius 1 is 1.56 bits per heavy atom. The van der Waals surface area contributed by atoms with Gasteiger partial charge >= 0.3 is 0 Å². The molecule has 2 nitrogen and oxygen atoms in total. The molecule has 2 unspecified atom stereocenters. The lowest BCUT2D eigenvalue weighted by Crippen LogP contribution is -2.28. The van der Waals surface area contributed by atoms with E-state index in [1.165, 1.54) is 0 Å². The van der Waals surface area contributed by atoms with Gasteiger partial charge in [-0.2, -0.15) is 11.8 Å². The van der Waals surface area contributed by atoms with Gasteiger partial charge in [-0.3, -0.25) is 0 Å². The number of thioether (sulfide) groups is 1. The molecule has 0 bridgehead atoms. The van der Waals surface area contributed by atoms with Crippen LogP contribution in [0.15, 0.2) is 12.1 Å². The number of ether oxygens (including phenoxy) is 1. The highest BCUT2D eigenvalue weighted by molar-refractivity contribution is 7.99. The van der Waals surface area contributed by atoms with Crippen LogP contribution in [-0.2, 0) is 5.75 Å². The van der Waals surface area contributed by atoms with Gasteiger partial charge in [0.25, 0.3) is 0 Å². The Labute approximate surface area is 105 Å². The van der Waals surface area contributed by atoms with Crippen molar-refractivity contribution in [3.05, 3.63) is 28.3 Å². The lowest BCUT2D eigenvalue weighted by Gasteiger charge is -2.31. The molecule has 1 aliphatic rings. The van der Waals surface area contributed by atoms with E-state index in [-0.39, 0.29) is 6.04 Å². The molecule has 0 fully saturated rings. The second-order valence-corrected chi connectivity index (χ2v) is 5.56. The van der Waals surface area contributed by atoms with Gasteiger partial charge in [-0.1, -0.05) is 18.5 Å². The fourth-order valence-electron chi connectivity index (χ4n) is 2.17. The van der Waals surface area contributed by atoms with E-state index in [0.29, 0.717) is 5.25 Å². The van der Waals surface area contributed by atoms with Crippen molar-refractivity contribution in [2.24, 2.45) is 5.73 Å². The molecule has 2 atom stereocenters. The summed E-state index contributed by atoms with van der Waals surface area (Å²) in [6.07, 6.45) is 1.07. The van der Waals surface area contributed by atoms with Crippen molar-refractivity contribution < 1.29 is 4.74 Å². The highest BCUT2D eigenvalue weighted by Crippen LogP contribution is 2.44. The number of hydrogen-bond donors (Lipinski definition) is 1. The maximum absolute atomic E-state index is 6.26. The number of benzene rings is 1. The standard InChI is InChI=1S/C12H16ClNOS/c1-3-10-12(14)11-7(6-16-10)9(15-2)5-4-8(11)13/h4-5,10,12H,3,6,14H2,1-2H3. The summed E-state index contributed by atoms with van der Waals surface area (Å²) in [6.45, 7) is 2.16. The molecule has 1 aromatic carbocycles. The molecule has 1 heterocycles. The average molecular weight is 258 g/mol. The van der Waals surface area contributed by atoms with Crippen molar-refractivity contribution in [2.45, 2.75) is 30.4 Å². The molecule has 0 aromatic heterocycles. The van der Waals surface area contributed by atoms with Crippen LogP contribution < -0.4 is 10.5 Å². The van der Waals surface area contributed by atoms with Gasteiger partial charge in [0.2, 0.25) is 0 Å². The van der Waals surface area contributed by atoms with Crippen molar-refractivity contribution in [2.75, 3.05) is 7.11 Å². The van der Waals surface area contributed by atoms with Crippen LogP contribution in [0.4, 0.5) is 0 Å². The van der Waals surface area contributed by atoms with Crippen LogP contribution in [0.2, 0.25) is 5.02 Å². The molecule has 0 amide bonds. The van der Waals surface area contributed by atoms with Gasteiger partial charge < -0.3 is 10.5 Å². The quantitative estimate of drug-likeness (QED) is 0.882. The van der Waals surface area contributed by atoms with Crippen LogP contribution in [0.3, 0.4) is 0 Å². The van der Waals surface area contributed by atoms with E-state index in [0.717, 1.165) is 34.1 Å². The molecular formula is C12H16ClNOS. The number of fused-ring (bicyclic) bond motifs is 1. The van der Waals surface area contributed by atoms with Gasteiger partial charge in [0, 0.05) is 27.6 Å². The normalized spacial score (nSPS) is 24.0. The summed E-state index contributed by atoms with van der Waals surface area (Å²) in [4.78, 5) is 0. The number of nitrogens with two attached hydrogens (primary N) is 1. The van der Waals surface area contributed by atoms with Crippen LogP contribution in [0, 0.1) is 0 Å². The first-order chi connectivity index (χ1) is 7.69. The molecule has 0 saturated carbocycles. The molecule has 2 rings (SSSR count). The summed E-state index contributed by atoms with van der Waals surface area (Å²) in [5, 5.41) is 1.22. The fraction of sp³-hybridized carbons (Fsp3) is 0.500. The van der Waals surface area contributed by atoms with Crippen molar-refractivity contribution in [3.8, 4) is 5.75 Å². The Kier molecular flexibility index (Phi) is 3.67. The van der Waals surface area contributed by atoms with Crippen LogP contribution in [0.1, 0.15) is 30.5 Å². The summed E-state index contributed by atoms with van der Waals surface area (Å²) in [5.74, 6) is 1.84. The minimum atomic E-state index is 0.0151. The molecule has 0 radical (unpaired) electrons. The molecule has 16 heavy (non-hydrogen) atoms. The first-order valence-corrected chi connectivity index (χ1v) is 6.84. The first kappa shape index (κ1) is 12.1. The summed E-state index contributed by atoms with van der Waals surface area (Å²) in [5.41, 5.74) is 8.50. The SMILES string of the molecule is CCC1SCc2c(OC)ccc(Cl)c2C1N. The lowest BCUT2D eigenvalue weighted by molar-refractivity contribution is 0.409. The molecule has 0 saturated heterocycles. The minimum Gasteiger partial charge on any atom is -0.496 e. The Morgan fingerprint density at radius 2 is 2.31 bits per heavy atom. The van der Waals surface area contributed by atoms with Crippen molar-refractivity contribution in [1.29, 1.82) is 0 Å². The summed E-state index contributed by atoms with van der Waals surface area (Å²) in [6, 6.07) is 3.81. The van der Waals surface area contributed by atoms with Crippen LogP contribution >= 0.6 is 23.4 Å². The van der Waals surface area contributed by atoms with E-state index in [2.05, 4.69) is 6.92 Å². The largest absolute Gasteiger partial charge is 0.496 e. The molecule has 1 aromatic rings. The van der Waals surface area contributed by atoms with E-state index in [1.54, 1.807) is 7.11 Å². The molecule has 0 aliphatic carbocycles. The lowest BCUT2D eigenvalue weighted by atomic mass is 9.96. The van der Waals surface area contributed by atoms with Gasteiger partial charge in [0.05, 0.1) is 7.11 Å². The Bertz CT molecular complexity index is 397. The Morgan fingerprint density at radius 3 is 2.94 bits per heavy atom. The summed E-state index contributed by atoms with van der Waals surface area (Å²) in [7, 11) is 1.69. The van der Waals surface area contributed by atoms with E-state index < -0.39 is 0 Å². The van der Waals surface area contributed by atoms with Crippen molar-refractivity contribution >= 4 is 23.4 Å². The second kappa shape index (κ2) is 4.86. The smallest absolute Gasteiger partial charge is 0.123 e. The van der Waals surface area contributed by atoms with Crippen LogP contribution in [0.5, 0.6) is 5.75 Å². The van der Waals surface area contributed by atoms with E-state index in [4.69, 9.17) is 22.1 Å². The Hall–Kier alpha value is -0.380. The second-order valence-electron chi connectivity index (χ2n) is 3.93. The highest BCUT2D eigenvalue weighted by atomic mass is 35.5. The molecule has 88 valence electrons. The van der Waals surface area contributed by atoms with Gasteiger partial charge in [-0.25, -0.2) is 0 Å². The fourth-order valence-corrected chi connectivity index (χ4v) is 3.73. The van der Waals surface area contributed by atoms with Gasteiger partial charge in [-0.05, 0) is 24.1 Å². The van der Waals surface area contributed by atoms with E-state index in [9.17, 15) is 0 Å². The molecule has 4 heteroatoms. The first-order valence-electron chi connectivity index (χ1n) is 5.41. The number of rotatable bonds is 2. The summed E-state index contributed by atoms with van der Waals surface area (Å²) >= 11 is 8.13. The molecule has 1 aliphatic heterocycles. The average Bonchev–Trinajstić information content (AvgIpc) is 2.30. The molecule has 0 spiro atoms. The monoisotopic (exact) mass is 257 g/mol. The van der Waals surface area contributed by atoms with E-state index >= 15 is 0 Å². The van der Waals surface area contributed by atoms with Crippen LogP contribution in [-0.4, -0.2) is 12.4 Å². The van der Waals surface area contributed by atoms with E-state index in [1.807, 2.05) is 23.9 Å². The third-order valence-corrected chi connectivity index (χ3v) is 4.90. The minimum absolute atomic E-state index is 0.0151. The highest BCUT2D eigenvalue weighted by Gasteiger charge is 2.29. The summed E-state index contributed by atoms with van der Waals surface area (Å²) < 4.78 is 5.36. The number of halogens is 1. The zero-order valence-electron chi connectivity index (χ0n) is 9.50. The van der Waals surface area contributed by atoms with Crippen molar-refractivity contribution in [3.63, 3.8) is 0 Å². The third kappa shape index (κ3) is 1.92. The van der Waals surface area contributed by atoms with Gasteiger partial charge in [0.15, 0.2) is 0 Å². The zero-order valence-corrected chi connectivity index (χ0v) is 11.1. The zero-order chi connectivity index (χ0) is 11.7. The van der Waals surface area contributed by atoms with Crippen LogP contribution in [0.25, 0.3) is 0 Å². The molecule has 2 N–H and O–H groups in total. The molecular weight excluding hydrogens is 242 g/mol. The number of methoxy groups -OCH3 is 1. The number of hydrogen-bond acceptors (Lipinski definition) is 3. The maximum atomic E-state index is 6.26. The Balaban J connectivity index is 2.50. The topological polar surface area (TPSA) is 35.2 Å². The predicted molar refractivity (Wildman–Crippen MR) is 70.3 cm³/mol. The third-order valence-electron chi connectivity index (χ3n) is 3.06.